The summed E-state index contributed by atoms with van der Waals surface area (Å²) in [6.07, 6.45) is 0.436. The van der Waals surface area contributed by atoms with Crippen molar-refractivity contribution >= 4 is 0 Å². The lowest BCUT2D eigenvalue weighted by atomic mass is 9.98. The van der Waals surface area contributed by atoms with Crippen LogP contribution in [0.4, 0.5) is 13.2 Å². The van der Waals surface area contributed by atoms with E-state index in [2.05, 4.69) is 0 Å². The average molecular weight is 356 g/mol. The molecule has 26 heavy (non-hydrogen) atoms. The summed E-state index contributed by atoms with van der Waals surface area (Å²) in [6.45, 7) is 3.97. The Bertz CT molecular complexity index is 917. The fourth-order valence-electron chi connectivity index (χ4n) is 2.88. The molecule has 0 heterocycles. The number of hydrogen-bond donors (Lipinski definition) is 0. The van der Waals surface area contributed by atoms with Crippen molar-refractivity contribution in [3.8, 4) is 28.0 Å². The van der Waals surface area contributed by atoms with Gasteiger partial charge in [-0.05, 0) is 47.7 Å². The standard InChI is InChI=1S/C22H19F3O/c1-3-14-9-11-18(22(25)21(14)24)16-7-5-15(6-8-16)17-10-12-20(26-4-2)19(23)13-17/h5-13H,3-4H2,1-2H3. The second-order valence-corrected chi connectivity index (χ2v) is 5.91. The SMILES string of the molecule is CCOc1ccc(-c2ccc(-c3ccc(CC)c(F)c3F)cc2)cc1F. The summed E-state index contributed by atoms with van der Waals surface area (Å²) in [7, 11) is 0. The van der Waals surface area contributed by atoms with Crippen LogP contribution in [0.25, 0.3) is 22.3 Å². The van der Waals surface area contributed by atoms with Crippen molar-refractivity contribution in [2.45, 2.75) is 20.3 Å². The van der Waals surface area contributed by atoms with E-state index in [1.165, 1.54) is 6.07 Å². The van der Waals surface area contributed by atoms with E-state index in [9.17, 15) is 13.2 Å². The number of halogens is 3. The molecule has 0 aromatic heterocycles. The van der Waals surface area contributed by atoms with Crippen molar-refractivity contribution in [1.82, 2.24) is 0 Å². The van der Waals surface area contributed by atoms with Gasteiger partial charge >= 0.3 is 0 Å². The third-order valence-corrected chi connectivity index (χ3v) is 4.30. The maximum absolute atomic E-state index is 14.3. The lowest BCUT2D eigenvalue weighted by Gasteiger charge is -2.10. The van der Waals surface area contributed by atoms with Gasteiger partial charge in [-0.1, -0.05) is 49.4 Å². The zero-order valence-electron chi connectivity index (χ0n) is 14.7. The van der Waals surface area contributed by atoms with Crippen molar-refractivity contribution in [3.05, 3.63) is 77.6 Å². The van der Waals surface area contributed by atoms with Crippen molar-refractivity contribution in [2.75, 3.05) is 6.61 Å². The third kappa shape index (κ3) is 3.45. The summed E-state index contributed by atoms with van der Waals surface area (Å²) in [4.78, 5) is 0. The van der Waals surface area contributed by atoms with Crippen LogP contribution in [0.1, 0.15) is 19.4 Å². The van der Waals surface area contributed by atoms with Gasteiger partial charge in [-0.25, -0.2) is 13.2 Å². The Balaban J connectivity index is 1.92. The first-order valence-electron chi connectivity index (χ1n) is 8.55. The smallest absolute Gasteiger partial charge is 0.166 e. The quantitative estimate of drug-likeness (QED) is 0.514. The minimum Gasteiger partial charge on any atom is -0.491 e. The Morgan fingerprint density at radius 1 is 0.731 bits per heavy atom. The lowest BCUT2D eigenvalue weighted by Crippen LogP contribution is -1.96. The van der Waals surface area contributed by atoms with Gasteiger partial charge in [0.2, 0.25) is 0 Å². The van der Waals surface area contributed by atoms with E-state index < -0.39 is 17.5 Å². The maximum Gasteiger partial charge on any atom is 0.166 e. The highest BCUT2D eigenvalue weighted by Gasteiger charge is 2.14. The molecule has 0 unspecified atom stereocenters. The summed E-state index contributed by atoms with van der Waals surface area (Å²) in [5.74, 6) is -1.87. The lowest BCUT2D eigenvalue weighted by molar-refractivity contribution is 0.321. The molecule has 3 aromatic rings. The topological polar surface area (TPSA) is 9.23 Å². The van der Waals surface area contributed by atoms with Crippen molar-refractivity contribution in [3.63, 3.8) is 0 Å². The first-order chi connectivity index (χ1) is 12.5. The molecular weight excluding hydrogens is 337 g/mol. The molecule has 0 saturated carbocycles. The molecule has 0 N–H and O–H groups in total. The second-order valence-electron chi connectivity index (χ2n) is 5.91. The van der Waals surface area contributed by atoms with Gasteiger partial charge in [0.1, 0.15) is 0 Å². The molecule has 0 amide bonds. The highest BCUT2D eigenvalue weighted by atomic mass is 19.2. The molecule has 0 atom stereocenters. The van der Waals surface area contributed by atoms with Gasteiger partial charge in [0, 0.05) is 5.56 Å². The summed E-state index contributed by atoms with van der Waals surface area (Å²) < 4.78 is 47.5. The first-order valence-corrected chi connectivity index (χ1v) is 8.55. The van der Waals surface area contributed by atoms with Gasteiger partial charge in [0.05, 0.1) is 6.61 Å². The number of hydrogen-bond acceptors (Lipinski definition) is 1. The Morgan fingerprint density at radius 2 is 1.38 bits per heavy atom. The number of rotatable bonds is 5. The zero-order valence-corrected chi connectivity index (χ0v) is 14.7. The molecule has 0 saturated heterocycles. The van der Waals surface area contributed by atoms with Crippen LogP contribution in [0.15, 0.2) is 54.6 Å². The van der Waals surface area contributed by atoms with Crippen LogP contribution >= 0.6 is 0 Å². The van der Waals surface area contributed by atoms with Crippen molar-refractivity contribution in [1.29, 1.82) is 0 Å². The third-order valence-electron chi connectivity index (χ3n) is 4.30. The van der Waals surface area contributed by atoms with Gasteiger partial charge in [0.25, 0.3) is 0 Å². The molecule has 0 aliphatic heterocycles. The van der Waals surface area contributed by atoms with Crippen molar-refractivity contribution < 1.29 is 17.9 Å². The van der Waals surface area contributed by atoms with E-state index in [1.54, 1.807) is 62.4 Å². The van der Waals surface area contributed by atoms with Crippen LogP contribution in [0.3, 0.4) is 0 Å². The van der Waals surface area contributed by atoms with Crippen LogP contribution < -0.4 is 4.74 Å². The van der Waals surface area contributed by atoms with Gasteiger partial charge in [-0.3, -0.25) is 0 Å². The fraction of sp³-hybridized carbons (Fsp3) is 0.182. The summed E-state index contributed by atoms with van der Waals surface area (Å²) in [5.41, 5.74) is 2.60. The zero-order chi connectivity index (χ0) is 18.7. The Kier molecular flexibility index (Phi) is 5.31. The minimum atomic E-state index is -0.843. The predicted octanol–water partition coefficient (Wildman–Crippen LogP) is 6.40. The minimum absolute atomic E-state index is 0.210. The van der Waals surface area contributed by atoms with E-state index in [1.807, 2.05) is 0 Å². The number of aryl methyl sites for hydroxylation is 1. The van der Waals surface area contributed by atoms with E-state index in [0.29, 0.717) is 29.7 Å². The summed E-state index contributed by atoms with van der Waals surface area (Å²) >= 11 is 0. The van der Waals surface area contributed by atoms with Gasteiger partial charge in [0.15, 0.2) is 23.2 Å². The Morgan fingerprint density at radius 3 is 2.00 bits per heavy atom. The molecule has 4 heteroatoms. The Labute approximate surface area is 151 Å². The molecule has 0 aliphatic carbocycles. The van der Waals surface area contributed by atoms with Crippen LogP contribution in [0.5, 0.6) is 5.75 Å². The van der Waals surface area contributed by atoms with Crippen LogP contribution in [0, 0.1) is 17.5 Å². The van der Waals surface area contributed by atoms with Gasteiger partial charge < -0.3 is 4.74 Å². The highest BCUT2D eigenvalue weighted by molar-refractivity contribution is 5.71. The molecule has 134 valence electrons. The van der Waals surface area contributed by atoms with E-state index in [-0.39, 0.29) is 11.3 Å². The van der Waals surface area contributed by atoms with Gasteiger partial charge in [-0.2, -0.15) is 0 Å². The fourth-order valence-corrected chi connectivity index (χ4v) is 2.88. The molecule has 0 bridgehead atoms. The molecule has 0 radical (unpaired) electrons. The molecule has 0 spiro atoms. The van der Waals surface area contributed by atoms with Crippen LogP contribution in [-0.2, 0) is 6.42 Å². The molecule has 3 aromatic carbocycles. The monoisotopic (exact) mass is 356 g/mol. The summed E-state index contributed by atoms with van der Waals surface area (Å²) in [6, 6.07) is 14.9. The predicted molar refractivity (Wildman–Crippen MR) is 97.7 cm³/mol. The van der Waals surface area contributed by atoms with E-state index >= 15 is 0 Å². The largest absolute Gasteiger partial charge is 0.491 e. The number of ether oxygens (including phenoxy) is 1. The highest BCUT2D eigenvalue weighted by Crippen LogP contribution is 2.30. The molecular formula is C22H19F3O. The van der Waals surface area contributed by atoms with Crippen molar-refractivity contribution in [2.24, 2.45) is 0 Å². The second kappa shape index (κ2) is 7.65. The van der Waals surface area contributed by atoms with Gasteiger partial charge in [-0.15, -0.1) is 0 Å². The molecule has 0 fully saturated rings. The maximum atomic E-state index is 14.3. The number of benzene rings is 3. The summed E-state index contributed by atoms with van der Waals surface area (Å²) in [5, 5.41) is 0. The molecule has 3 rings (SSSR count). The first kappa shape index (κ1) is 18.1. The Hall–Kier alpha value is -2.75. The van der Waals surface area contributed by atoms with Crippen LogP contribution in [0.2, 0.25) is 0 Å². The van der Waals surface area contributed by atoms with E-state index in [0.717, 1.165) is 5.56 Å². The normalized spacial score (nSPS) is 10.8. The van der Waals surface area contributed by atoms with Crippen LogP contribution in [-0.4, -0.2) is 6.61 Å². The van der Waals surface area contributed by atoms with E-state index in [4.69, 9.17) is 4.74 Å². The molecule has 1 nitrogen and oxygen atoms in total. The molecule has 0 aliphatic rings. The average Bonchev–Trinajstić information content (AvgIpc) is 2.66.